The molecular formula is C26H32F3N5O7. The Labute approximate surface area is 233 Å². The number of aliphatic hydroxyl groups is 1. The quantitative estimate of drug-likeness (QED) is 0.152. The van der Waals surface area contributed by atoms with Crippen molar-refractivity contribution in [2.75, 3.05) is 39.6 Å². The van der Waals surface area contributed by atoms with E-state index in [4.69, 9.17) is 5.73 Å². The second kappa shape index (κ2) is 10.5. The van der Waals surface area contributed by atoms with E-state index in [1.54, 1.807) is 19.0 Å². The highest BCUT2D eigenvalue weighted by Gasteiger charge is 2.69. The Kier molecular flexibility index (Phi) is 7.79. The van der Waals surface area contributed by atoms with E-state index >= 15 is 0 Å². The largest absolute Gasteiger partial charge is 0.507 e. The lowest BCUT2D eigenvalue weighted by molar-refractivity contribution is -0.181. The number of fused-ring (bicyclic) bond motifs is 3. The lowest BCUT2D eigenvalue weighted by Crippen LogP contribution is -2.74. The van der Waals surface area contributed by atoms with Gasteiger partial charge in [0.1, 0.15) is 12.3 Å². The molecule has 4 rings (SSSR count). The van der Waals surface area contributed by atoms with Gasteiger partial charge in [-0.05, 0) is 44.5 Å². The van der Waals surface area contributed by atoms with E-state index < -0.39 is 82.8 Å². The number of halogens is 3. The maximum atomic E-state index is 13.9. The Balaban J connectivity index is 1.79. The molecule has 2 fully saturated rings. The number of amides is 1. The second-order valence-electron chi connectivity index (χ2n) is 11.3. The smallest absolute Gasteiger partial charge is 0.402 e. The van der Waals surface area contributed by atoms with Crippen LogP contribution in [0.5, 0.6) is 5.75 Å². The predicted octanol–water partition coefficient (Wildman–Crippen LogP) is -0.910. The van der Waals surface area contributed by atoms with Crippen molar-refractivity contribution in [3.05, 3.63) is 22.8 Å². The van der Waals surface area contributed by atoms with Crippen LogP contribution in [0.4, 0.5) is 18.9 Å². The van der Waals surface area contributed by atoms with Crippen LogP contribution in [0.3, 0.4) is 0 Å². The summed E-state index contributed by atoms with van der Waals surface area (Å²) in [7, 11) is 6.32. The fourth-order valence-electron chi connectivity index (χ4n) is 6.56. The average molecular weight is 584 g/mol. The topological polar surface area (TPSA) is 182 Å². The molecule has 3 aliphatic carbocycles. The number of rotatable bonds is 7. The van der Waals surface area contributed by atoms with Crippen LogP contribution in [0, 0.1) is 23.7 Å². The van der Waals surface area contributed by atoms with E-state index in [0.717, 1.165) is 0 Å². The lowest BCUT2D eigenvalue weighted by Gasteiger charge is -2.52. The number of anilines is 1. The predicted molar refractivity (Wildman–Crippen MR) is 137 cm³/mol. The number of aromatic hydroxyl groups is 1. The molecule has 3 aliphatic rings. The summed E-state index contributed by atoms with van der Waals surface area (Å²) in [6, 6.07) is 0.301. The number of Topliss-reactive ketones (excluding diaryl/α,β-unsaturated/α-hetero) is 4. The number of hydrazine groups is 1. The standard InChI is InChI=1S/C26H32F3N5O7/c1-33(2)14-7-11(8-31-32-9-25(27,28)29)19(35)16-12(14)5-10-6-13-18(34(3)4)21(37)17(24(30)40)23(39)26(13,41)22(38)15(10)20(16)36/h7,10,13,15,17-18,31-32,35,41H,5-6,8-9H2,1-4H3,(H2,30,40)/t10-,13-,15?,17?,18-,26-/m0/s1. The molecule has 224 valence electrons. The number of phenols is 1. The number of carbonyl (C=O) groups excluding carboxylic acids is 5. The molecule has 2 saturated carbocycles. The van der Waals surface area contributed by atoms with Crippen LogP contribution in [-0.2, 0) is 32.1 Å². The van der Waals surface area contributed by atoms with Gasteiger partial charge in [-0.3, -0.25) is 34.3 Å². The maximum absolute atomic E-state index is 13.9. The Morgan fingerprint density at radius 3 is 2.29 bits per heavy atom. The van der Waals surface area contributed by atoms with Gasteiger partial charge in [-0.15, -0.1) is 0 Å². The fraction of sp³-hybridized carbons (Fsp3) is 0.577. The lowest BCUT2D eigenvalue weighted by atomic mass is 9.52. The molecule has 0 saturated heterocycles. The number of phenolic OH excluding ortho intramolecular Hbond substituents is 1. The SMILES string of the molecule is CN(C)c1cc(CNNCC(F)(F)F)c(O)c2c1C[C@H]1C[C@H]3[C@H](N(C)C)C(=O)C(C(N)=O)C(=O)[C@@]3(O)C(=O)C1C2=O. The molecule has 0 heterocycles. The van der Waals surface area contributed by atoms with Crippen LogP contribution in [0.1, 0.15) is 27.9 Å². The summed E-state index contributed by atoms with van der Waals surface area (Å²) >= 11 is 0. The van der Waals surface area contributed by atoms with Gasteiger partial charge in [-0.25, -0.2) is 5.43 Å². The van der Waals surface area contributed by atoms with Gasteiger partial charge >= 0.3 is 6.18 Å². The molecule has 15 heteroatoms. The first kappa shape index (κ1) is 30.6. The number of nitrogens with two attached hydrogens (primary N) is 1. The zero-order valence-corrected chi connectivity index (χ0v) is 22.8. The number of likely N-dealkylation sites (N-methyl/N-ethyl adjacent to an activating group) is 1. The summed E-state index contributed by atoms with van der Waals surface area (Å²) in [6.07, 6.45) is -4.53. The van der Waals surface area contributed by atoms with Crippen molar-refractivity contribution in [1.29, 1.82) is 0 Å². The first-order chi connectivity index (χ1) is 18.9. The summed E-state index contributed by atoms with van der Waals surface area (Å²) in [5.41, 5.74) is 7.47. The molecule has 12 nitrogen and oxygen atoms in total. The summed E-state index contributed by atoms with van der Waals surface area (Å²) < 4.78 is 37.5. The van der Waals surface area contributed by atoms with Crippen molar-refractivity contribution >= 4 is 34.7 Å². The molecule has 2 unspecified atom stereocenters. The molecular weight excluding hydrogens is 551 g/mol. The Hall–Kier alpha value is -3.40. The molecule has 41 heavy (non-hydrogen) atoms. The van der Waals surface area contributed by atoms with Gasteiger partial charge in [0.2, 0.25) is 5.91 Å². The fourth-order valence-corrected chi connectivity index (χ4v) is 6.56. The maximum Gasteiger partial charge on any atom is 0.402 e. The third kappa shape index (κ3) is 4.90. The van der Waals surface area contributed by atoms with Crippen molar-refractivity contribution in [3.8, 4) is 5.75 Å². The van der Waals surface area contributed by atoms with E-state index in [9.17, 15) is 47.4 Å². The van der Waals surface area contributed by atoms with Gasteiger partial charge in [-0.2, -0.15) is 13.2 Å². The normalized spacial score (nSPS) is 29.7. The minimum atomic E-state index is -4.50. The zero-order valence-electron chi connectivity index (χ0n) is 22.8. The highest BCUT2D eigenvalue weighted by molar-refractivity contribution is 6.32. The Morgan fingerprint density at radius 2 is 1.76 bits per heavy atom. The van der Waals surface area contributed by atoms with Crippen LogP contribution in [-0.4, -0.2) is 96.7 Å². The van der Waals surface area contributed by atoms with E-state index in [-0.39, 0.29) is 30.5 Å². The number of ketones is 4. The highest BCUT2D eigenvalue weighted by atomic mass is 19.4. The van der Waals surface area contributed by atoms with Gasteiger partial charge in [0.25, 0.3) is 0 Å². The third-order valence-electron chi connectivity index (χ3n) is 8.29. The third-order valence-corrected chi connectivity index (χ3v) is 8.29. The summed E-state index contributed by atoms with van der Waals surface area (Å²) in [5.74, 6) is -11.8. The number of alkyl halides is 3. The van der Waals surface area contributed by atoms with E-state index in [1.165, 1.54) is 25.1 Å². The van der Waals surface area contributed by atoms with Gasteiger partial charge in [0.05, 0.1) is 17.5 Å². The first-order valence-corrected chi connectivity index (χ1v) is 12.9. The number of nitrogens with one attached hydrogen (secondary N) is 2. The minimum Gasteiger partial charge on any atom is -0.507 e. The zero-order chi connectivity index (χ0) is 30.8. The monoisotopic (exact) mass is 583 g/mol. The van der Waals surface area contributed by atoms with E-state index in [1.807, 2.05) is 5.43 Å². The number of carbonyl (C=O) groups is 5. The number of benzene rings is 1. The van der Waals surface area contributed by atoms with Crippen LogP contribution >= 0.6 is 0 Å². The van der Waals surface area contributed by atoms with Gasteiger partial charge in [0.15, 0.2) is 34.7 Å². The van der Waals surface area contributed by atoms with Crippen LogP contribution < -0.4 is 21.5 Å². The highest BCUT2D eigenvalue weighted by Crippen LogP contribution is 2.52. The first-order valence-electron chi connectivity index (χ1n) is 12.9. The number of hydrogen-bond acceptors (Lipinski definition) is 11. The molecule has 0 aliphatic heterocycles. The van der Waals surface area contributed by atoms with Crippen molar-refractivity contribution in [3.63, 3.8) is 0 Å². The molecule has 0 bridgehead atoms. The molecule has 1 aromatic rings. The van der Waals surface area contributed by atoms with E-state index in [2.05, 4.69) is 5.43 Å². The van der Waals surface area contributed by atoms with Crippen LogP contribution in [0.2, 0.25) is 0 Å². The van der Waals surface area contributed by atoms with E-state index in [0.29, 0.717) is 11.3 Å². The molecule has 6 N–H and O–H groups in total. The number of primary amides is 1. The average Bonchev–Trinajstić information content (AvgIpc) is 2.83. The van der Waals surface area contributed by atoms with Crippen LogP contribution in [0.15, 0.2) is 6.07 Å². The number of nitrogens with zero attached hydrogens (tertiary/aromatic N) is 2. The van der Waals surface area contributed by atoms with Crippen LogP contribution in [0.25, 0.3) is 0 Å². The van der Waals surface area contributed by atoms with Gasteiger partial charge in [0, 0.05) is 37.8 Å². The number of hydrogen-bond donors (Lipinski definition) is 5. The Morgan fingerprint density at radius 1 is 1.12 bits per heavy atom. The molecule has 0 radical (unpaired) electrons. The van der Waals surface area contributed by atoms with Crippen molar-refractivity contribution in [1.82, 2.24) is 15.8 Å². The van der Waals surface area contributed by atoms with Crippen molar-refractivity contribution in [2.24, 2.45) is 29.4 Å². The molecule has 6 atom stereocenters. The summed E-state index contributed by atoms with van der Waals surface area (Å²) in [5, 5.41) is 22.7. The molecule has 1 amide bonds. The minimum absolute atomic E-state index is 0.0624. The van der Waals surface area contributed by atoms with Gasteiger partial charge < -0.3 is 20.8 Å². The summed E-state index contributed by atoms with van der Waals surface area (Å²) in [4.78, 5) is 69.5. The molecule has 1 aromatic carbocycles. The van der Waals surface area contributed by atoms with Crippen molar-refractivity contribution in [2.45, 2.75) is 37.2 Å². The Bertz CT molecular complexity index is 1330. The van der Waals surface area contributed by atoms with Gasteiger partial charge in [-0.1, -0.05) is 0 Å². The second-order valence-corrected chi connectivity index (χ2v) is 11.3. The van der Waals surface area contributed by atoms with Crippen molar-refractivity contribution < 1.29 is 47.4 Å². The molecule has 0 aromatic heterocycles. The summed E-state index contributed by atoms with van der Waals surface area (Å²) in [6.45, 7) is -1.67. The molecule has 0 spiro atoms.